The summed E-state index contributed by atoms with van der Waals surface area (Å²) in [4.78, 5) is 10.5. The van der Waals surface area contributed by atoms with Gasteiger partial charge in [-0.15, -0.1) is 0 Å². The van der Waals surface area contributed by atoms with Crippen molar-refractivity contribution in [3.63, 3.8) is 0 Å². The molecule has 0 atom stereocenters. The average molecular weight is 366 g/mol. The van der Waals surface area contributed by atoms with Crippen molar-refractivity contribution in [1.82, 2.24) is 0 Å². The molecule has 0 heterocycles. The highest BCUT2D eigenvalue weighted by Gasteiger charge is 2.19. The average Bonchev–Trinajstić information content (AvgIpc) is 2.58. The number of anilines is 1. The molecule has 2 aromatic carbocycles. The first-order valence-electron chi connectivity index (χ1n) is 7.19. The van der Waals surface area contributed by atoms with Crippen LogP contribution in [0.1, 0.15) is 5.56 Å². The Kier molecular flexibility index (Phi) is 5.48. The molecule has 0 saturated carbocycles. The van der Waals surface area contributed by atoms with Crippen LogP contribution in [0, 0.1) is 10.1 Å². The number of hydrogen-bond donors (Lipinski definition) is 1. The van der Waals surface area contributed by atoms with Crippen molar-refractivity contribution in [3.8, 4) is 11.5 Å². The van der Waals surface area contributed by atoms with Crippen LogP contribution in [-0.4, -0.2) is 33.8 Å². The van der Waals surface area contributed by atoms with Gasteiger partial charge in [0.25, 0.3) is 5.69 Å². The van der Waals surface area contributed by atoms with E-state index in [9.17, 15) is 18.5 Å². The third-order valence-corrected chi connectivity index (χ3v) is 4.66. The predicted molar refractivity (Wildman–Crippen MR) is 93.1 cm³/mol. The molecule has 0 aromatic heterocycles. The minimum atomic E-state index is -3.53. The Labute approximate surface area is 145 Å². The molecule has 0 aliphatic rings. The zero-order valence-electron chi connectivity index (χ0n) is 14.0. The fourth-order valence-electron chi connectivity index (χ4n) is 2.25. The summed E-state index contributed by atoms with van der Waals surface area (Å²) in [5.74, 6) is 1.23. The van der Waals surface area contributed by atoms with E-state index in [4.69, 9.17) is 9.47 Å². The summed E-state index contributed by atoms with van der Waals surface area (Å²) in [7, 11) is -0.473. The fourth-order valence-corrected chi connectivity index (χ4v) is 2.89. The highest BCUT2D eigenvalue weighted by Crippen LogP contribution is 2.30. The van der Waals surface area contributed by atoms with Crippen molar-refractivity contribution in [3.05, 3.63) is 52.1 Å². The van der Waals surface area contributed by atoms with Gasteiger partial charge in [-0.2, -0.15) is 0 Å². The van der Waals surface area contributed by atoms with Gasteiger partial charge in [-0.1, -0.05) is 0 Å². The molecule has 25 heavy (non-hydrogen) atoms. The molecule has 9 heteroatoms. The molecule has 0 spiro atoms. The Balaban J connectivity index is 2.33. The summed E-state index contributed by atoms with van der Waals surface area (Å²) in [6, 6.07) is 8.97. The maximum atomic E-state index is 11.6. The van der Waals surface area contributed by atoms with Gasteiger partial charge in [-0.25, -0.2) is 8.42 Å². The van der Waals surface area contributed by atoms with Crippen LogP contribution in [0.5, 0.6) is 11.5 Å². The number of rotatable bonds is 7. The van der Waals surface area contributed by atoms with Crippen LogP contribution < -0.4 is 14.8 Å². The number of ether oxygens (including phenoxy) is 2. The van der Waals surface area contributed by atoms with Gasteiger partial charge in [0.1, 0.15) is 17.2 Å². The van der Waals surface area contributed by atoms with Gasteiger partial charge < -0.3 is 14.8 Å². The summed E-state index contributed by atoms with van der Waals surface area (Å²) in [6.07, 6.45) is 1.00. The third kappa shape index (κ3) is 4.38. The Morgan fingerprint density at radius 1 is 1.12 bits per heavy atom. The van der Waals surface area contributed by atoms with Gasteiger partial charge in [0.15, 0.2) is 9.84 Å². The van der Waals surface area contributed by atoms with Crippen LogP contribution in [0.3, 0.4) is 0 Å². The van der Waals surface area contributed by atoms with E-state index < -0.39 is 14.8 Å². The number of hydrogen-bond acceptors (Lipinski definition) is 7. The zero-order valence-corrected chi connectivity index (χ0v) is 14.8. The molecule has 0 unspecified atom stereocenters. The molecule has 0 radical (unpaired) electrons. The topological polar surface area (TPSA) is 108 Å². The lowest BCUT2D eigenvalue weighted by Crippen LogP contribution is -2.06. The Morgan fingerprint density at radius 2 is 1.84 bits per heavy atom. The molecule has 0 bridgehead atoms. The Bertz CT molecular complexity index is 895. The number of methoxy groups -OCH3 is 2. The maximum absolute atomic E-state index is 11.6. The van der Waals surface area contributed by atoms with E-state index in [0.717, 1.165) is 17.9 Å². The van der Waals surface area contributed by atoms with E-state index in [1.807, 2.05) is 0 Å². The third-order valence-electron chi connectivity index (χ3n) is 3.55. The van der Waals surface area contributed by atoms with Gasteiger partial charge in [-0.3, -0.25) is 10.1 Å². The highest BCUT2D eigenvalue weighted by molar-refractivity contribution is 7.90. The molecule has 0 amide bonds. The number of nitro groups is 1. The van der Waals surface area contributed by atoms with E-state index in [0.29, 0.717) is 11.5 Å². The molecular formula is C16H18N2O6S. The summed E-state index contributed by atoms with van der Waals surface area (Å²) in [6.45, 7) is 0.236. The smallest absolute Gasteiger partial charge is 0.293 e. The normalized spacial score (nSPS) is 11.0. The summed E-state index contributed by atoms with van der Waals surface area (Å²) in [5.41, 5.74) is 0.635. The molecule has 8 nitrogen and oxygen atoms in total. The van der Waals surface area contributed by atoms with Gasteiger partial charge in [0, 0.05) is 24.4 Å². The fraction of sp³-hybridized carbons (Fsp3) is 0.250. The van der Waals surface area contributed by atoms with E-state index in [-0.39, 0.29) is 22.8 Å². The van der Waals surface area contributed by atoms with Crippen LogP contribution in [0.15, 0.2) is 41.3 Å². The van der Waals surface area contributed by atoms with E-state index in [1.165, 1.54) is 26.4 Å². The zero-order chi connectivity index (χ0) is 18.6. The van der Waals surface area contributed by atoms with Crippen molar-refractivity contribution in [1.29, 1.82) is 0 Å². The van der Waals surface area contributed by atoms with Crippen LogP contribution in [-0.2, 0) is 16.4 Å². The molecule has 1 N–H and O–H groups in total. The first kappa shape index (κ1) is 18.5. The molecule has 0 aliphatic carbocycles. The number of nitrogens with one attached hydrogen (secondary N) is 1. The molecule has 0 fully saturated rings. The van der Waals surface area contributed by atoms with Crippen molar-refractivity contribution < 1.29 is 22.8 Å². The second-order valence-electron chi connectivity index (χ2n) is 5.24. The van der Waals surface area contributed by atoms with E-state index in [1.54, 1.807) is 18.2 Å². The second kappa shape index (κ2) is 7.39. The molecule has 2 aromatic rings. The van der Waals surface area contributed by atoms with Crippen molar-refractivity contribution in [2.24, 2.45) is 0 Å². The van der Waals surface area contributed by atoms with Gasteiger partial charge >= 0.3 is 0 Å². The Morgan fingerprint density at radius 3 is 2.40 bits per heavy atom. The van der Waals surface area contributed by atoms with Gasteiger partial charge in [0.2, 0.25) is 0 Å². The van der Waals surface area contributed by atoms with Crippen LogP contribution in [0.25, 0.3) is 0 Å². The number of nitro benzene ring substituents is 1. The SMILES string of the molecule is COc1ccc(OC)c(CNc2ccc(S(C)(=O)=O)cc2[N+](=O)[O-])c1. The molecule has 2 rings (SSSR count). The lowest BCUT2D eigenvalue weighted by molar-refractivity contribution is -0.384. The minimum Gasteiger partial charge on any atom is -0.497 e. The standard InChI is InChI=1S/C16H18N2O6S/c1-23-12-4-7-16(24-2)11(8-12)10-17-14-6-5-13(25(3,21)22)9-15(14)18(19)20/h4-9,17H,10H2,1-3H3. The lowest BCUT2D eigenvalue weighted by Gasteiger charge is -2.12. The number of benzene rings is 2. The summed E-state index contributed by atoms with van der Waals surface area (Å²) >= 11 is 0. The second-order valence-corrected chi connectivity index (χ2v) is 7.26. The highest BCUT2D eigenvalue weighted by atomic mass is 32.2. The summed E-state index contributed by atoms with van der Waals surface area (Å²) in [5, 5.41) is 14.2. The molecule has 134 valence electrons. The van der Waals surface area contributed by atoms with E-state index in [2.05, 4.69) is 5.32 Å². The first-order chi connectivity index (χ1) is 11.8. The molecule has 0 saturated heterocycles. The lowest BCUT2D eigenvalue weighted by atomic mass is 10.1. The number of sulfone groups is 1. The number of nitrogens with zero attached hydrogens (tertiary/aromatic N) is 1. The first-order valence-corrected chi connectivity index (χ1v) is 9.08. The molecular weight excluding hydrogens is 348 g/mol. The summed E-state index contributed by atoms with van der Waals surface area (Å²) < 4.78 is 33.6. The Hall–Kier alpha value is -2.81. The van der Waals surface area contributed by atoms with Crippen molar-refractivity contribution in [2.45, 2.75) is 11.4 Å². The maximum Gasteiger partial charge on any atom is 0.293 e. The van der Waals surface area contributed by atoms with Gasteiger partial charge in [-0.05, 0) is 30.3 Å². The quantitative estimate of drug-likeness (QED) is 0.593. The van der Waals surface area contributed by atoms with Gasteiger partial charge in [0.05, 0.1) is 24.0 Å². The monoisotopic (exact) mass is 366 g/mol. The van der Waals surface area contributed by atoms with Crippen molar-refractivity contribution >= 4 is 21.2 Å². The van der Waals surface area contributed by atoms with Crippen LogP contribution >= 0.6 is 0 Å². The largest absolute Gasteiger partial charge is 0.497 e. The predicted octanol–water partition coefficient (Wildman–Crippen LogP) is 2.63. The van der Waals surface area contributed by atoms with E-state index >= 15 is 0 Å². The molecule has 0 aliphatic heterocycles. The van der Waals surface area contributed by atoms with Crippen LogP contribution in [0.2, 0.25) is 0 Å². The van der Waals surface area contributed by atoms with Crippen molar-refractivity contribution in [2.75, 3.05) is 25.8 Å². The van der Waals surface area contributed by atoms with Crippen LogP contribution in [0.4, 0.5) is 11.4 Å². The minimum absolute atomic E-state index is 0.108.